The van der Waals surface area contributed by atoms with Crippen LogP contribution in [0.15, 0.2) is 49.6 Å². The highest BCUT2D eigenvalue weighted by Gasteiger charge is 2.15. The van der Waals surface area contributed by atoms with E-state index in [0.29, 0.717) is 47.9 Å². The number of Topliss-reactive ketones (excluding diaryl/α,β-unsaturated/α-hetero) is 1. The van der Waals surface area contributed by atoms with Crippen molar-refractivity contribution in [2.45, 2.75) is 38.5 Å². The van der Waals surface area contributed by atoms with Gasteiger partial charge >= 0.3 is 0 Å². The van der Waals surface area contributed by atoms with Crippen LogP contribution in [0.5, 0.6) is 23.0 Å². The Balaban J connectivity index is 1.99. The standard InChI is InChI=1S/C23H26O5/c1-3-5-18-20(25)13-9-15(22(18)27)7-11-17(24)12-8-16-10-14-21(26)19(6-4-2)23(16)28/h3-4,9-10,13-14,25-28H,1-2,5-8,11-12H2. The summed E-state index contributed by atoms with van der Waals surface area (Å²) in [6, 6.07) is 6.23. The van der Waals surface area contributed by atoms with Crippen molar-refractivity contribution >= 4 is 5.78 Å². The quantitative estimate of drug-likeness (QED) is 0.464. The first-order valence-corrected chi connectivity index (χ1v) is 9.17. The van der Waals surface area contributed by atoms with Crippen LogP contribution in [-0.4, -0.2) is 26.2 Å². The van der Waals surface area contributed by atoms with Crippen LogP contribution in [0.1, 0.15) is 35.1 Å². The highest BCUT2D eigenvalue weighted by atomic mass is 16.3. The van der Waals surface area contributed by atoms with Crippen molar-refractivity contribution in [1.82, 2.24) is 0 Å². The molecule has 0 bridgehead atoms. The van der Waals surface area contributed by atoms with Crippen LogP contribution in [0.2, 0.25) is 0 Å². The summed E-state index contributed by atoms with van der Waals surface area (Å²) in [6.07, 6.45) is 5.06. The number of aryl methyl sites for hydroxylation is 2. The van der Waals surface area contributed by atoms with E-state index in [2.05, 4.69) is 13.2 Å². The third-order valence-corrected chi connectivity index (χ3v) is 4.73. The number of allylic oxidation sites excluding steroid dienone is 2. The van der Waals surface area contributed by atoms with Gasteiger partial charge in [-0.3, -0.25) is 4.79 Å². The molecule has 0 unspecified atom stereocenters. The lowest BCUT2D eigenvalue weighted by molar-refractivity contribution is -0.119. The molecule has 5 heteroatoms. The maximum absolute atomic E-state index is 12.3. The number of carbonyl (C=O) groups is 1. The van der Waals surface area contributed by atoms with Crippen LogP contribution < -0.4 is 0 Å². The third kappa shape index (κ3) is 4.94. The van der Waals surface area contributed by atoms with Gasteiger partial charge in [0.15, 0.2) is 0 Å². The Morgan fingerprint density at radius 3 is 1.50 bits per heavy atom. The number of hydrogen-bond donors (Lipinski definition) is 4. The average Bonchev–Trinajstić information content (AvgIpc) is 2.67. The summed E-state index contributed by atoms with van der Waals surface area (Å²) in [5.41, 5.74) is 2.01. The molecule has 2 aromatic carbocycles. The van der Waals surface area contributed by atoms with Crippen LogP contribution in [-0.2, 0) is 30.5 Å². The van der Waals surface area contributed by atoms with E-state index in [0.717, 1.165) is 0 Å². The monoisotopic (exact) mass is 382 g/mol. The van der Waals surface area contributed by atoms with Gasteiger partial charge in [0.2, 0.25) is 0 Å². The molecule has 4 N–H and O–H groups in total. The molecule has 2 aromatic rings. The minimum Gasteiger partial charge on any atom is -0.508 e. The molecule has 0 saturated heterocycles. The molecule has 2 rings (SSSR count). The lowest BCUT2D eigenvalue weighted by Gasteiger charge is -2.11. The van der Waals surface area contributed by atoms with Gasteiger partial charge in [0.25, 0.3) is 0 Å². The largest absolute Gasteiger partial charge is 0.508 e. The van der Waals surface area contributed by atoms with E-state index in [1.165, 1.54) is 12.1 Å². The van der Waals surface area contributed by atoms with Crippen molar-refractivity contribution in [1.29, 1.82) is 0 Å². The highest BCUT2D eigenvalue weighted by molar-refractivity contribution is 5.79. The van der Waals surface area contributed by atoms with Crippen LogP contribution in [0.25, 0.3) is 0 Å². The Morgan fingerprint density at radius 2 is 1.14 bits per heavy atom. The van der Waals surface area contributed by atoms with E-state index < -0.39 is 0 Å². The van der Waals surface area contributed by atoms with Gasteiger partial charge in [0.1, 0.15) is 28.8 Å². The zero-order valence-corrected chi connectivity index (χ0v) is 15.8. The number of carbonyl (C=O) groups excluding carboxylic acids is 1. The molecule has 0 aliphatic carbocycles. The van der Waals surface area contributed by atoms with E-state index in [-0.39, 0.29) is 41.6 Å². The first-order chi connectivity index (χ1) is 13.4. The Hall–Kier alpha value is -3.21. The van der Waals surface area contributed by atoms with E-state index in [1.54, 1.807) is 24.3 Å². The first-order valence-electron chi connectivity index (χ1n) is 9.17. The molecule has 0 radical (unpaired) electrons. The Labute approximate surface area is 164 Å². The topological polar surface area (TPSA) is 98.0 Å². The van der Waals surface area contributed by atoms with Crippen molar-refractivity contribution in [3.63, 3.8) is 0 Å². The summed E-state index contributed by atoms with van der Waals surface area (Å²) >= 11 is 0. The number of ketones is 1. The summed E-state index contributed by atoms with van der Waals surface area (Å²) in [5, 5.41) is 40.2. The molecule has 148 valence electrons. The lowest BCUT2D eigenvalue weighted by Crippen LogP contribution is -2.03. The van der Waals surface area contributed by atoms with Crippen molar-refractivity contribution in [3.8, 4) is 23.0 Å². The van der Waals surface area contributed by atoms with Crippen molar-refractivity contribution in [3.05, 3.63) is 71.8 Å². The molecule has 0 atom stereocenters. The Bertz CT molecular complexity index is 812. The molecule has 0 aliphatic rings. The number of benzene rings is 2. The van der Waals surface area contributed by atoms with Crippen molar-refractivity contribution < 1.29 is 25.2 Å². The van der Waals surface area contributed by atoms with Crippen molar-refractivity contribution in [2.75, 3.05) is 0 Å². The van der Waals surface area contributed by atoms with Gasteiger partial charge in [-0.15, -0.1) is 13.2 Å². The molecule has 0 saturated carbocycles. The number of phenolic OH excluding ortho intramolecular Hbond substituents is 4. The molecular weight excluding hydrogens is 356 g/mol. The van der Waals surface area contributed by atoms with Crippen LogP contribution >= 0.6 is 0 Å². The zero-order valence-electron chi connectivity index (χ0n) is 15.8. The molecule has 0 spiro atoms. The minimum atomic E-state index is -0.00417. The van der Waals surface area contributed by atoms with E-state index >= 15 is 0 Å². The number of hydrogen-bond acceptors (Lipinski definition) is 5. The fourth-order valence-corrected chi connectivity index (χ4v) is 3.12. The zero-order chi connectivity index (χ0) is 20.7. The van der Waals surface area contributed by atoms with Gasteiger partial charge in [-0.2, -0.15) is 0 Å². The number of phenols is 4. The van der Waals surface area contributed by atoms with E-state index in [1.807, 2.05) is 0 Å². The van der Waals surface area contributed by atoms with Gasteiger partial charge in [-0.05, 0) is 48.9 Å². The smallest absolute Gasteiger partial charge is 0.133 e. The third-order valence-electron chi connectivity index (χ3n) is 4.73. The Morgan fingerprint density at radius 1 is 0.750 bits per heavy atom. The fourth-order valence-electron chi connectivity index (χ4n) is 3.12. The predicted molar refractivity (Wildman–Crippen MR) is 109 cm³/mol. The fraction of sp³-hybridized carbons (Fsp3) is 0.261. The van der Waals surface area contributed by atoms with Gasteiger partial charge in [0.05, 0.1) is 0 Å². The summed E-state index contributed by atoms with van der Waals surface area (Å²) in [5.74, 6) is 0.00241. The van der Waals surface area contributed by atoms with Gasteiger partial charge < -0.3 is 20.4 Å². The average molecular weight is 382 g/mol. The summed E-state index contributed by atoms with van der Waals surface area (Å²) in [7, 11) is 0. The Kier molecular flexibility index (Phi) is 7.27. The van der Waals surface area contributed by atoms with Gasteiger partial charge in [-0.25, -0.2) is 0 Å². The minimum absolute atomic E-state index is 0.00190. The molecular formula is C23H26O5. The molecule has 0 amide bonds. The molecule has 0 heterocycles. The van der Waals surface area contributed by atoms with Crippen molar-refractivity contribution in [2.24, 2.45) is 0 Å². The lowest BCUT2D eigenvalue weighted by atomic mass is 9.97. The summed E-state index contributed by atoms with van der Waals surface area (Å²) < 4.78 is 0. The highest BCUT2D eigenvalue weighted by Crippen LogP contribution is 2.33. The molecule has 0 aliphatic heterocycles. The van der Waals surface area contributed by atoms with Crippen LogP contribution in [0, 0.1) is 0 Å². The van der Waals surface area contributed by atoms with Crippen LogP contribution in [0.4, 0.5) is 0 Å². The second-order valence-corrected chi connectivity index (χ2v) is 6.67. The van der Waals surface area contributed by atoms with Gasteiger partial charge in [-0.1, -0.05) is 24.3 Å². The van der Waals surface area contributed by atoms with Gasteiger partial charge in [0, 0.05) is 24.0 Å². The second-order valence-electron chi connectivity index (χ2n) is 6.67. The maximum atomic E-state index is 12.3. The molecule has 28 heavy (non-hydrogen) atoms. The van der Waals surface area contributed by atoms with E-state index in [4.69, 9.17) is 0 Å². The predicted octanol–water partition coefficient (Wildman–Crippen LogP) is 4.10. The van der Waals surface area contributed by atoms with Crippen LogP contribution in [0.3, 0.4) is 0 Å². The summed E-state index contributed by atoms with van der Waals surface area (Å²) in [4.78, 5) is 12.3. The molecule has 0 aromatic heterocycles. The van der Waals surface area contributed by atoms with E-state index in [9.17, 15) is 25.2 Å². The normalized spacial score (nSPS) is 10.6. The molecule has 5 nitrogen and oxygen atoms in total. The molecule has 0 fully saturated rings. The number of rotatable bonds is 10. The maximum Gasteiger partial charge on any atom is 0.133 e. The summed E-state index contributed by atoms with van der Waals surface area (Å²) in [6.45, 7) is 7.22. The second kappa shape index (κ2) is 9.65. The number of aromatic hydroxyl groups is 4. The first kappa shape index (κ1) is 21.1. The SMILES string of the molecule is C=CCc1c(O)ccc(CCC(=O)CCc2ccc(O)c(CC=C)c2O)c1O.